The van der Waals surface area contributed by atoms with Gasteiger partial charge in [0.15, 0.2) is 0 Å². The van der Waals surface area contributed by atoms with E-state index in [2.05, 4.69) is 39.2 Å². The first-order valence-electron chi connectivity index (χ1n) is 6.25. The third kappa shape index (κ3) is 3.14. The molecule has 1 aliphatic heterocycles. The predicted octanol–water partition coefficient (Wildman–Crippen LogP) is 3.53. The first-order chi connectivity index (χ1) is 8.42. The molecule has 1 aliphatic rings. The van der Waals surface area contributed by atoms with Gasteiger partial charge in [-0.1, -0.05) is 29.7 Å². The molecular formula is C13H18N4. The van der Waals surface area contributed by atoms with Gasteiger partial charge in [0.05, 0.1) is 0 Å². The number of anilines is 1. The molecule has 2 rings (SSSR count). The lowest BCUT2D eigenvalue weighted by molar-refractivity contribution is 0.665. The van der Waals surface area contributed by atoms with E-state index in [-0.39, 0.29) is 0 Å². The molecule has 0 spiro atoms. The topological polar surface area (TPSA) is 52.0 Å². The summed E-state index contributed by atoms with van der Waals surface area (Å²) in [5.74, 6) is 0. The summed E-state index contributed by atoms with van der Waals surface area (Å²) in [4.78, 5) is 5.22. The summed E-state index contributed by atoms with van der Waals surface area (Å²) >= 11 is 0. The average molecular weight is 230 g/mol. The Bertz CT molecular complexity index is 410. The first kappa shape index (κ1) is 11.8. The normalized spacial score (nSPS) is 13.3. The summed E-state index contributed by atoms with van der Waals surface area (Å²) in [5.41, 5.74) is 11.0. The molecule has 0 aliphatic carbocycles. The maximum absolute atomic E-state index is 8.15. The van der Waals surface area contributed by atoms with Crippen LogP contribution in [-0.2, 0) is 6.42 Å². The molecule has 1 aromatic carbocycles. The minimum Gasteiger partial charge on any atom is -0.371 e. The van der Waals surface area contributed by atoms with Gasteiger partial charge in [0.1, 0.15) is 0 Å². The Morgan fingerprint density at radius 2 is 2.12 bits per heavy atom. The molecule has 0 N–H and O–H groups in total. The Kier molecular flexibility index (Phi) is 4.28. The van der Waals surface area contributed by atoms with Crippen molar-refractivity contribution in [2.75, 3.05) is 24.5 Å². The lowest BCUT2D eigenvalue weighted by Crippen LogP contribution is -2.21. The van der Waals surface area contributed by atoms with E-state index in [0.717, 1.165) is 25.9 Å². The van der Waals surface area contributed by atoms with E-state index in [4.69, 9.17) is 5.53 Å². The van der Waals surface area contributed by atoms with Crippen molar-refractivity contribution in [2.45, 2.75) is 25.7 Å². The molecule has 0 unspecified atom stereocenters. The number of rotatable bonds is 6. The molecule has 0 atom stereocenters. The Hall–Kier alpha value is -1.67. The van der Waals surface area contributed by atoms with Crippen molar-refractivity contribution >= 4 is 5.69 Å². The number of unbranched alkanes of at least 4 members (excludes halogenated alkanes) is 2. The molecule has 17 heavy (non-hydrogen) atoms. The Labute approximate surface area is 102 Å². The minimum absolute atomic E-state index is 0.632. The number of para-hydroxylation sites is 1. The van der Waals surface area contributed by atoms with Gasteiger partial charge in [0.25, 0.3) is 0 Å². The van der Waals surface area contributed by atoms with Crippen LogP contribution in [0.5, 0.6) is 0 Å². The molecule has 0 fully saturated rings. The van der Waals surface area contributed by atoms with Crippen LogP contribution in [0.25, 0.3) is 10.4 Å². The van der Waals surface area contributed by atoms with Crippen LogP contribution in [0.2, 0.25) is 0 Å². The molecular weight excluding hydrogens is 212 g/mol. The van der Waals surface area contributed by atoms with Crippen LogP contribution in [0, 0.1) is 0 Å². The summed E-state index contributed by atoms with van der Waals surface area (Å²) in [6, 6.07) is 8.65. The third-order valence-electron chi connectivity index (χ3n) is 3.23. The average Bonchev–Trinajstić information content (AvgIpc) is 2.77. The van der Waals surface area contributed by atoms with E-state index in [1.165, 1.54) is 24.1 Å². The van der Waals surface area contributed by atoms with Crippen LogP contribution in [-0.4, -0.2) is 19.6 Å². The molecule has 1 heterocycles. The largest absolute Gasteiger partial charge is 0.371 e. The van der Waals surface area contributed by atoms with Gasteiger partial charge in [-0.15, -0.1) is 0 Å². The van der Waals surface area contributed by atoms with E-state index in [1.54, 1.807) is 0 Å². The number of fused-ring (bicyclic) bond motifs is 1. The summed E-state index contributed by atoms with van der Waals surface area (Å²) in [5, 5.41) is 3.54. The molecule has 0 radical (unpaired) electrons. The second-order valence-corrected chi connectivity index (χ2v) is 4.38. The number of hydrogen-bond acceptors (Lipinski definition) is 2. The second-order valence-electron chi connectivity index (χ2n) is 4.38. The van der Waals surface area contributed by atoms with Crippen molar-refractivity contribution in [2.24, 2.45) is 5.11 Å². The van der Waals surface area contributed by atoms with E-state index >= 15 is 0 Å². The highest BCUT2D eigenvalue weighted by molar-refractivity contribution is 5.57. The van der Waals surface area contributed by atoms with Crippen LogP contribution in [0.3, 0.4) is 0 Å². The van der Waals surface area contributed by atoms with Crippen molar-refractivity contribution in [3.8, 4) is 0 Å². The smallest absolute Gasteiger partial charge is 0.0399 e. The second kappa shape index (κ2) is 6.16. The highest BCUT2D eigenvalue weighted by Gasteiger charge is 2.16. The molecule has 0 amide bonds. The van der Waals surface area contributed by atoms with Gasteiger partial charge >= 0.3 is 0 Å². The van der Waals surface area contributed by atoms with Gasteiger partial charge in [0, 0.05) is 30.2 Å². The van der Waals surface area contributed by atoms with Gasteiger partial charge in [-0.2, -0.15) is 0 Å². The third-order valence-corrected chi connectivity index (χ3v) is 3.23. The van der Waals surface area contributed by atoms with Crippen molar-refractivity contribution in [3.63, 3.8) is 0 Å². The van der Waals surface area contributed by atoms with Crippen LogP contribution in [0.1, 0.15) is 24.8 Å². The predicted molar refractivity (Wildman–Crippen MR) is 70.2 cm³/mol. The zero-order valence-electron chi connectivity index (χ0n) is 10.0. The first-order valence-corrected chi connectivity index (χ1v) is 6.25. The maximum Gasteiger partial charge on any atom is 0.0399 e. The lowest BCUT2D eigenvalue weighted by atomic mass is 10.2. The molecule has 0 saturated carbocycles. The number of nitrogens with zero attached hydrogens (tertiary/aromatic N) is 4. The number of benzene rings is 1. The zero-order valence-corrected chi connectivity index (χ0v) is 10.0. The highest BCUT2D eigenvalue weighted by atomic mass is 15.1. The monoisotopic (exact) mass is 230 g/mol. The van der Waals surface area contributed by atoms with E-state index in [1.807, 2.05) is 0 Å². The van der Waals surface area contributed by atoms with Gasteiger partial charge < -0.3 is 4.90 Å². The quantitative estimate of drug-likeness (QED) is 0.319. The summed E-state index contributed by atoms with van der Waals surface area (Å²) < 4.78 is 0. The van der Waals surface area contributed by atoms with Crippen molar-refractivity contribution in [1.82, 2.24) is 0 Å². The Balaban J connectivity index is 1.73. The van der Waals surface area contributed by atoms with Crippen LogP contribution in [0.4, 0.5) is 5.69 Å². The molecule has 1 aromatic rings. The number of hydrogen-bond donors (Lipinski definition) is 0. The highest BCUT2D eigenvalue weighted by Crippen LogP contribution is 2.27. The summed E-state index contributed by atoms with van der Waals surface area (Å²) in [6.07, 6.45) is 4.49. The maximum atomic E-state index is 8.15. The molecule has 0 bridgehead atoms. The Morgan fingerprint density at radius 3 is 3.00 bits per heavy atom. The SMILES string of the molecule is [N-]=[N+]=NCCCCCN1CCc2ccccc21. The molecule has 4 nitrogen and oxygen atoms in total. The minimum atomic E-state index is 0.632. The molecule has 0 aromatic heterocycles. The van der Waals surface area contributed by atoms with E-state index in [9.17, 15) is 0 Å². The van der Waals surface area contributed by atoms with Gasteiger partial charge in [0.2, 0.25) is 0 Å². The fraction of sp³-hybridized carbons (Fsp3) is 0.538. The van der Waals surface area contributed by atoms with Crippen LogP contribution < -0.4 is 4.90 Å². The van der Waals surface area contributed by atoms with Crippen molar-refractivity contribution in [3.05, 3.63) is 40.3 Å². The molecule has 90 valence electrons. The summed E-state index contributed by atoms with van der Waals surface area (Å²) in [7, 11) is 0. The van der Waals surface area contributed by atoms with Gasteiger partial charge in [-0.3, -0.25) is 0 Å². The van der Waals surface area contributed by atoms with Crippen molar-refractivity contribution < 1.29 is 0 Å². The van der Waals surface area contributed by atoms with Gasteiger partial charge in [-0.25, -0.2) is 0 Å². The lowest BCUT2D eigenvalue weighted by Gasteiger charge is -2.18. The van der Waals surface area contributed by atoms with E-state index < -0.39 is 0 Å². The van der Waals surface area contributed by atoms with Gasteiger partial charge in [-0.05, 0) is 36.4 Å². The Morgan fingerprint density at radius 1 is 1.24 bits per heavy atom. The van der Waals surface area contributed by atoms with E-state index in [0.29, 0.717) is 6.54 Å². The standard InChI is InChI=1S/C13H18N4/c14-16-15-9-4-1-5-10-17-11-8-12-6-2-3-7-13(12)17/h2-3,6-7H,1,4-5,8-11H2. The molecule has 4 heteroatoms. The fourth-order valence-corrected chi connectivity index (χ4v) is 2.35. The summed E-state index contributed by atoms with van der Waals surface area (Å²) in [6.45, 7) is 2.90. The van der Waals surface area contributed by atoms with Crippen molar-refractivity contribution in [1.29, 1.82) is 0 Å². The molecule has 0 saturated heterocycles. The zero-order chi connectivity index (χ0) is 11.9. The van der Waals surface area contributed by atoms with Crippen LogP contribution in [0.15, 0.2) is 29.4 Å². The number of azide groups is 1. The van der Waals surface area contributed by atoms with Crippen LogP contribution >= 0.6 is 0 Å². The fourth-order valence-electron chi connectivity index (χ4n) is 2.35.